The first-order chi connectivity index (χ1) is 13.8. The summed E-state index contributed by atoms with van der Waals surface area (Å²) in [5.74, 6) is -0.199. The summed E-state index contributed by atoms with van der Waals surface area (Å²) in [5.41, 5.74) is 0.980. The summed E-state index contributed by atoms with van der Waals surface area (Å²) in [6.07, 6.45) is 0.229. The Morgan fingerprint density at radius 2 is 1.69 bits per heavy atom. The van der Waals surface area contributed by atoms with E-state index in [0.29, 0.717) is 12.1 Å². The first-order valence-electron chi connectivity index (χ1n) is 9.64. The zero-order valence-corrected chi connectivity index (χ0v) is 18.5. The molecule has 1 N–H and O–H groups in total. The lowest BCUT2D eigenvalue weighted by molar-refractivity contribution is -0.133. The molecule has 0 saturated carbocycles. The van der Waals surface area contributed by atoms with Crippen LogP contribution in [0.15, 0.2) is 59.1 Å². The van der Waals surface area contributed by atoms with Crippen LogP contribution in [0, 0.1) is 0 Å². The third kappa shape index (κ3) is 5.29. The number of anilines is 1. The lowest BCUT2D eigenvalue weighted by atomic mass is 10.1. The van der Waals surface area contributed by atoms with E-state index >= 15 is 0 Å². The van der Waals surface area contributed by atoms with Gasteiger partial charge in [-0.05, 0) is 60.8 Å². The normalized spacial score (nSPS) is 15.2. The first-order valence-corrected chi connectivity index (χ1v) is 10.4. The smallest absolute Gasteiger partial charge is 0.408 e. The predicted molar refractivity (Wildman–Crippen MR) is 116 cm³/mol. The van der Waals surface area contributed by atoms with E-state index in [1.54, 1.807) is 25.8 Å². The lowest BCUT2D eigenvalue weighted by Gasteiger charge is -2.33. The minimum absolute atomic E-state index is 0.199. The maximum atomic E-state index is 13.5. The van der Waals surface area contributed by atoms with Crippen molar-refractivity contribution in [2.24, 2.45) is 0 Å². The Balaban J connectivity index is 1.88. The zero-order valence-electron chi connectivity index (χ0n) is 16.9. The van der Waals surface area contributed by atoms with Crippen LogP contribution in [0.5, 0.6) is 0 Å². The fourth-order valence-electron chi connectivity index (χ4n) is 3.26. The third-order valence-corrected chi connectivity index (χ3v) is 5.13. The number of alkyl carbamates (subject to hydrolysis) is 1. The number of hydrazine groups is 1. The summed E-state index contributed by atoms with van der Waals surface area (Å²) < 4.78 is 6.30. The minimum Gasteiger partial charge on any atom is -0.444 e. The van der Waals surface area contributed by atoms with Crippen LogP contribution in [-0.4, -0.2) is 35.7 Å². The Morgan fingerprint density at radius 3 is 2.34 bits per heavy atom. The average Bonchev–Trinajstić information content (AvgIpc) is 3.15. The van der Waals surface area contributed by atoms with E-state index in [1.807, 2.05) is 59.6 Å². The van der Waals surface area contributed by atoms with E-state index in [1.165, 1.54) is 0 Å². The minimum atomic E-state index is -0.839. The number of rotatable bonds is 4. The SMILES string of the molecule is CC(C)(C)OC(=O)N[C@H](C(=O)N1CCCN1c1ccccc1Br)c1ccccc1. The number of benzene rings is 2. The van der Waals surface area contributed by atoms with Gasteiger partial charge in [0.15, 0.2) is 0 Å². The van der Waals surface area contributed by atoms with Gasteiger partial charge in [0.05, 0.1) is 5.69 Å². The third-order valence-electron chi connectivity index (χ3n) is 4.46. The van der Waals surface area contributed by atoms with Crippen LogP contribution in [-0.2, 0) is 9.53 Å². The van der Waals surface area contributed by atoms with Crippen molar-refractivity contribution in [3.8, 4) is 0 Å². The van der Waals surface area contributed by atoms with Crippen LogP contribution < -0.4 is 10.3 Å². The van der Waals surface area contributed by atoms with Crippen LogP contribution in [0.1, 0.15) is 38.8 Å². The van der Waals surface area contributed by atoms with Crippen molar-refractivity contribution in [2.45, 2.75) is 38.8 Å². The maximum absolute atomic E-state index is 13.5. The molecule has 1 saturated heterocycles. The number of halogens is 1. The van der Waals surface area contributed by atoms with Gasteiger partial charge in [-0.1, -0.05) is 42.5 Å². The molecule has 1 heterocycles. The second-order valence-electron chi connectivity index (χ2n) is 7.88. The number of ether oxygens (including phenoxy) is 1. The highest BCUT2D eigenvalue weighted by atomic mass is 79.9. The molecule has 29 heavy (non-hydrogen) atoms. The maximum Gasteiger partial charge on any atom is 0.408 e. The molecule has 0 bridgehead atoms. The summed E-state index contributed by atoms with van der Waals surface area (Å²) in [6.45, 7) is 6.69. The van der Waals surface area contributed by atoms with Gasteiger partial charge in [0.1, 0.15) is 11.6 Å². The molecular weight excluding hydrogens is 434 g/mol. The molecule has 0 aromatic heterocycles. The molecule has 2 aromatic rings. The Kier molecular flexibility index (Phi) is 6.47. The molecule has 0 spiro atoms. The fraction of sp³-hybridized carbons (Fsp3) is 0.364. The topological polar surface area (TPSA) is 61.9 Å². The Hall–Kier alpha value is -2.54. The number of nitrogens with zero attached hydrogens (tertiary/aromatic N) is 2. The van der Waals surface area contributed by atoms with Gasteiger partial charge in [0.25, 0.3) is 5.91 Å². The molecule has 2 amide bonds. The standard InChI is InChI=1S/C22H26BrN3O3/c1-22(2,3)29-21(28)24-19(16-10-5-4-6-11-16)20(27)26-15-9-14-25(26)18-13-8-7-12-17(18)23/h4-8,10-13,19H,9,14-15H2,1-3H3,(H,24,28)/t19-/m0/s1. The highest BCUT2D eigenvalue weighted by Crippen LogP contribution is 2.31. The van der Waals surface area contributed by atoms with E-state index in [0.717, 1.165) is 23.1 Å². The number of hydrogen-bond donors (Lipinski definition) is 1. The second-order valence-corrected chi connectivity index (χ2v) is 8.73. The van der Waals surface area contributed by atoms with Crippen LogP contribution >= 0.6 is 15.9 Å². The van der Waals surface area contributed by atoms with E-state index in [2.05, 4.69) is 21.2 Å². The molecule has 1 atom stereocenters. The molecule has 0 unspecified atom stereocenters. The molecule has 1 aliphatic rings. The van der Waals surface area contributed by atoms with Gasteiger partial charge < -0.3 is 10.1 Å². The van der Waals surface area contributed by atoms with Gasteiger partial charge >= 0.3 is 6.09 Å². The van der Waals surface area contributed by atoms with Crippen LogP contribution in [0.25, 0.3) is 0 Å². The number of nitrogens with one attached hydrogen (secondary N) is 1. The van der Waals surface area contributed by atoms with E-state index in [9.17, 15) is 9.59 Å². The van der Waals surface area contributed by atoms with Crippen molar-refractivity contribution in [1.29, 1.82) is 0 Å². The molecular formula is C22H26BrN3O3. The molecule has 1 aliphatic heterocycles. The van der Waals surface area contributed by atoms with E-state index in [4.69, 9.17) is 4.74 Å². The summed E-state index contributed by atoms with van der Waals surface area (Å²) in [7, 11) is 0. The summed E-state index contributed by atoms with van der Waals surface area (Å²) in [4.78, 5) is 26.0. The molecule has 3 rings (SSSR count). The lowest BCUT2D eigenvalue weighted by Crippen LogP contribution is -2.49. The van der Waals surface area contributed by atoms with Gasteiger partial charge in [-0.15, -0.1) is 0 Å². The van der Waals surface area contributed by atoms with Gasteiger partial charge in [-0.3, -0.25) is 14.8 Å². The molecule has 2 aromatic carbocycles. The number of amides is 2. The summed E-state index contributed by atoms with van der Waals surface area (Å²) in [5, 5.41) is 6.42. The number of carbonyl (C=O) groups excluding carboxylic acids is 2. The molecule has 0 aliphatic carbocycles. The van der Waals surface area contributed by atoms with Crippen LogP contribution in [0.4, 0.5) is 10.5 Å². The van der Waals surface area contributed by atoms with Crippen LogP contribution in [0.3, 0.4) is 0 Å². The molecule has 6 nitrogen and oxygen atoms in total. The fourth-order valence-corrected chi connectivity index (χ4v) is 3.75. The van der Waals surface area contributed by atoms with Gasteiger partial charge in [0.2, 0.25) is 0 Å². The molecule has 154 valence electrons. The van der Waals surface area contributed by atoms with Crippen molar-refractivity contribution >= 4 is 33.6 Å². The van der Waals surface area contributed by atoms with Gasteiger partial charge in [0, 0.05) is 17.6 Å². The van der Waals surface area contributed by atoms with Crippen LogP contribution in [0.2, 0.25) is 0 Å². The first kappa shape index (κ1) is 21.2. The van der Waals surface area contributed by atoms with Crippen molar-refractivity contribution in [2.75, 3.05) is 18.1 Å². The number of hydrogen-bond acceptors (Lipinski definition) is 4. The Labute approximate surface area is 179 Å². The average molecular weight is 460 g/mol. The van der Waals surface area contributed by atoms with E-state index < -0.39 is 17.7 Å². The highest BCUT2D eigenvalue weighted by Gasteiger charge is 2.35. The molecule has 7 heteroatoms. The van der Waals surface area contributed by atoms with Crippen molar-refractivity contribution in [3.05, 3.63) is 64.6 Å². The predicted octanol–water partition coefficient (Wildman–Crippen LogP) is 4.67. The zero-order chi connectivity index (χ0) is 21.0. The quantitative estimate of drug-likeness (QED) is 0.721. The van der Waals surface area contributed by atoms with Crippen molar-refractivity contribution in [1.82, 2.24) is 10.3 Å². The largest absolute Gasteiger partial charge is 0.444 e. The number of para-hydroxylation sites is 1. The second kappa shape index (κ2) is 8.86. The molecule has 1 fully saturated rings. The van der Waals surface area contributed by atoms with Gasteiger partial charge in [-0.25, -0.2) is 4.79 Å². The van der Waals surface area contributed by atoms with E-state index in [-0.39, 0.29) is 5.91 Å². The molecule has 0 radical (unpaired) electrons. The van der Waals surface area contributed by atoms with Crippen molar-refractivity contribution in [3.63, 3.8) is 0 Å². The summed E-state index contributed by atoms with van der Waals surface area (Å²) >= 11 is 3.57. The van der Waals surface area contributed by atoms with Gasteiger partial charge in [-0.2, -0.15) is 0 Å². The Morgan fingerprint density at radius 1 is 1.03 bits per heavy atom. The highest BCUT2D eigenvalue weighted by molar-refractivity contribution is 9.10. The Bertz CT molecular complexity index is 867. The van der Waals surface area contributed by atoms with Crippen molar-refractivity contribution < 1.29 is 14.3 Å². The number of carbonyl (C=O) groups is 2. The monoisotopic (exact) mass is 459 g/mol. The summed E-state index contributed by atoms with van der Waals surface area (Å²) in [6, 6.07) is 16.2.